The molecule has 32 heavy (non-hydrogen) atoms. The molecule has 0 saturated carbocycles. The number of benzene rings is 2. The van der Waals surface area contributed by atoms with Crippen LogP contribution in [0.2, 0.25) is 0 Å². The Morgan fingerprint density at radius 3 is 2.47 bits per heavy atom. The molecule has 7 heteroatoms. The normalized spacial score (nSPS) is 10.8. The summed E-state index contributed by atoms with van der Waals surface area (Å²) in [6.45, 7) is 4.80. The number of aliphatic hydroxyl groups excluding tert-OH is 1. The van der Waals surface area contributed by atoms with Gasteiger partial charge in [-0.2, -0.15) is 0 Å². The maximum Gasteiger partial charge on any atom is 0.182 e. The number of hydrogen-bond acceptors (Lipinski definition) is 6. The molecule has 0 radical (unpaired) electrons. The minimum Gasteiger partial charge on any atom is -0.512 e. The van der Waals surface area contributed by atoms with Gasteiger partial charge in [-0.05, 0) is 56.1 Å². The fourth-order valence-corrected chi connectivity index (χ4v) is 3.04. The van der Waals surface area contributed by atoms with Gasteiger partial charge in [0.15, 0.2) is 11.2 Å². The van der Waals surface area contributed by atoms with E-state index in [1.165, 1.54) is 19.9 Å². The molecule has 0 unspecified atom stereocenters. The number of carbonyl (C=O) groups excluding carboxylic acids is 1. The molecule has 2 heterocycles. The van der Waals surface area contributed by atoms with Crippen molar-refractivity contribution < 1.29 is 40.1 Å². The van der Waals surface area contributed by atoms with Crippen molar-refractivity contribution in [2.45, 2.75) is 20.8 Å². The van der Waals surface area contributed by atoms with Crippen molar-refractivity contribution in [3.8, 4) is 17.0 Å². The van der Waals surface area contributed by atoms with Crippen LogP contribution in [-0.4, -0.2) is 23.0 Å². The van der Waals surface area contributed by atoms with Crippen molar-refractivity contribution in [1.82, 2.24) is 4.98 Å². The number of hydrogen-bond donors (Lipinski definition) is 1. The average molecular weight is 612 g/mol. The van der Waals surface area contributed by atoms with Crippen molar-refractivity contribution in [2.24, 2.45) is 0 Å². The van der Waals surface area contributed by atoms with Gasteiger partial charge in [0.25, 0.3) is 0 Å². The van der Waals surface area contributed by atoms with Gasteiger partial charge >= 0.3 is 0 Å². The Morgan fingerprint density at radius 1 is 1.12 bits per heavy atom. The summed E-state index contributed by atoms with van der Waals surface area (Å²) >= 11 is 0. The molecule has 6 nitrogen and oxygen atoms in total. The van der Waals surface area contributed by atoms with Crippen LogP contribution in [0.25, 0.3) is 33.2 Å². The summed E-state index contributed by atoms with van der Waals surface area (Å²) in [6.07, 6.45) is 2.83. The zero-order valence-electron chi connectivity index (χ0n) is 18.0. The minimum atomic E-state index is -0.125. The average Bonchev–Trinajstić information content (AvgIpc) is 2.74. The van der Waals surface area contributed by atoms with Crippen LogP contribution in [0.3, 0.4) is 0 Å². The Balaban J connectivity index is 0.000000398. The molecule has 0 atom stereocenters. The molecular weight excluding hydrogens is 589 g/mol. The molecule has 2 aromatic heterocycles. The molecule has 4 aromatic rings. The van der Waals surface area contributed by atoms with Crippen LogP contribution in [0.4, 0.5) is 0 Å². The van der Waals surface area contributed by atoms with Crippen LogP contribution in [-0.2, 0) is 25.9 Å². The molecule has 168 valence electrons. The zero-order chi connectivity index (χ0) is 22.5. The number of ketones is 1. The molecule has 0 fully saturated rings. The van der Waals surface area contributed by atoms with Gasteiger partial charge in [-0.25, -0.2) is 0 Å². The van der Waals surface area contributed by atoms with Gasteiger partial charge in [-0.1, -0.05) is 11.6 Å². The van der Waals surface area contributed by atoms with E-state index in [2.05, 4.69) is 11.1 Å². The van der Waals surface area contributed by atoms with Gasteiger partial charge in [0.2, 0.25) is 0 Å². The Morgan fingerprint density at radius 2 is 1.84 bits per heavy atom. The van der Waals surface area contributed by atoms with E-state index in [4.69, 9.17) is 14.3 Å². The summed E-state index contributed by atoms with van der Waals surface area (Å²) in [7, 11) is 1.60. The summed E-state index contributed by atoms with van der Waals surface area (Å²) < 4.78 is 11.1. The second-order valence-electron chi connectivity index (χ2n) is 7.03. The number of pyridine rings is 1. The molecule has 0 aliphatic heterocycles. The van der Waals surface area contributed by atoms with E-state index in [1.807, 2.05) is 31.2 Å². The smallest absolute Gasteiger partial charge is 0.182 e. The number of ether oxygens (including phenoxy) is 1. The van der Waals surface area contributed by atoms with Crippen LogP contribution in [0.1, 0.15) is 19.4 Å². The second kappa shape index (κ2) is 10.9. The Bertz CT molecular complexity index is 1350. The largest absolute Gasteiger partial charge is 0.512 e. The van der Waals surface area contributed by atoms with Crippen molar-refractivity contribution in [3.05, 3.63) is 82.3 Å². The van der Waals surface area contributed by atoms with Crippen molar-refractivity contribution in [1.29, 1.82) is 0 Å². The third kappa shape index (κ3) is 5.92. The van der Waals surface area contributed by atoms with Crippen molar-refractivity contribution >= 4 is 27.7 Å². The third-order valence-corrected chi connectivity index (χ3v) is 4.41. The fourth-order valence-electron chi connectivity index (χ4n) is 3.04. The number of methoxy groups -OCH3 is 1. The standard InChI is InChI=1S/C20H14NO3.C5H8O2.Pt/c1-12-3-5-18-15(9-12)20(22)16-10-13(4-6-19(16)24-18)17-11-14(23-2)7-8-21-17;1-4(6)3-5(2)7;/h3,5-11H,1-2H3;3,6H,1-2H3;/q-1;;. The van der Waals surface area contributed by atoms with E-state index in [9.17, 15) is 9.59 Å². The number of aromatic nitrogens is 1. The van der Waals surface area contributed by atoms with Crippen LogP contribution in [0.15, 0.2) is 69.7 Å². The van der Waals surface area contributed by atoms with Gasteiger partial charge in [0, 0.05) is 33.3 Å². The fraction of sp³-hybridized carbons (Fsp3) is 0.160. The quantitative estimate of drug-likeness (QED) is 0.149. The number of fused-ring (bicyclic) bond motifs is 2. The predicted molar refractivity (Wildman–Crippen MR) is 120 cm³/mol. The van der Waals surface area contributed by atoms with Crippen LogP contribution in [0, 0.1) is 13.0 Å². The molecule has 0 aliphatic rings. The number of nitrogens with zero attached hydrogens (tertiary/aromatic N) is 1. The topological polar surface area (TPSA) is 89.6 Å². The molecular formula is C25H22NO5Pt-. The first-order valence-electron chi connectivity index (χ1n) is 9.55. The van der Waals surface area contributed by atoms with Crippen LogP contribution >= 0.6 is 0 Å². The van der Waals surface area contributed by atoms with E-state index < -0.39 is 0 Å². The van der Waals surface area contributed by atoms with Gasteiger partial charge in [0.05, 0.1) is 23.8 Å². The molecule has 4 rings (SSSR count). The van der Waals surface area contributed by atoms with Crippen LogP contribution < -0.4 is 10.2 Å². The van der Waals surface area contributed by atoms with E-state index >= 15 is 0 Å². The molecule has 0 spiro atoms. The summed E-state index contributed by atoms with van der Waals surface area (Å²) in [5.41, 5.74) is 3.49. The van der Waals surface area contributed by atoms with E-state index in [-0.39, 0.29) is 38.0 Å². The Labute approximate surface area is 199 Å². The van der Waals surface area contributed by atoms with E-state index in [0.29, 0.717) is 33.4 Å². The van der Waals surface area contributed by atoms with Gasteiger partial charge in [-0.3, -0.25) is 9.59 Å². The molecule has 2 aromatic carbocycles. The number of rotatable bonds is 3. The monoisotopic (exact) mass is 611 g/mol. The summed E-state index contributed by atoms with van der Waals surface area (Å²) in [5.74, 6) is 0.641. The van der Waals surface area contributed by atoms with Crippen LogP contribution in [0.5, 0.6) is 5.75 Å². The number of allylic oxidation sites excluding steroid dienone is 2. The Hall–Kier alpha value is -3.24. The van der Waals surface area contributed by atoms with Gasteiger partial charge in [0.1, 0.15) is 11.3 Å². The number of aryl methyl sites for hydroxylation is 1. The van der Waals surface area contributed by atoms with Crippen molar-refractivity contribution in [2.75, 3.05) is 7.11 Å². The first-order valence-corrected chi connectivity index (χ1v) is 9.55. The number of carbonyl (C=O) groups is 1. The van der Waals surface area contributed by atoms with E-state index in [1.54, 1.807) is 31.5 Å². The van der Waals surface area contributed by atoms with Gasteiger partial charge in [-0.15, -0.1) is 23.8 Å². The zero-order valence-corrected chi connectivity index (χ0v) is 20.3. The molecule has 0 aliphatic carbocycles. The molecule has 0 amide bonds. The Kier molecular flexibility index (Phi) is 8.50. The van der Waals surface area contributed by atoms with E-state index in [0.717, 1.165) is 11.1 Å². The predicted octanol–water partition coefficient (Wildman–Crippen LogP) is 5.16. The van der Waals surface area contributed by atoms with Gasteiger partial charge < -0.3 is 19.2 Å². The summed E-state index contributed by atoms with van der Waals surface area (Å²) in [6, 6.07) is 15.8. The van der Waals surface area contributed by atoms with Crippen molar-refractivity contribution in [3.63, 3.8) is 0 Å². The molecule has 1 N–H and O–H groups in total. The summed E-state index contributed by atoms with van der Waals surface area (Å²) in [4.78, 5) is 27.2. The summed E-state index contributed by atoms with van der Waals surface area (Å²) in [5, 5.41) is 9.46. The third-order valence-electron chi connectivity index (χ3n) is 4.41. The first-order chi connectivity index (χ1) is 14.8. The number of aliphatic hydroxyl groups is 1. The molecule has 0 bridgehead atoms. The molecule has 0 saturated heterocycles. The SMILES string of the molecule is CC(=O)C=C(C)O.COc1ccnc(-c2[c-]cc3oc4ccc(C)cc4c(=O)c3c2)c1.[Pt]. The maximum atomic E-state index is 12.8. The first kappa shape index (κ1) is 25.0. The second-order valence-corrected chi connectivity index (χ2v) is 7.03. The minimum absolute atomic E-state index is 0. The maximum absolute atomic E-state index is 12.8.